The molecule has 0 saturated heterocycles. The van der Waals surface area contributed by atoms with E-state index in [1.807, 2.05) is 6.07 Å². The molecule has 1 N–H and O–H groups in total. The molecular weight excluding hydrogens is 198 g/mol. The van der Waals surface area contributed by atoms with Gasteiger partial charge in [0.25, 0.3) is 0 Å². The molecule has 0 saturated carbocycles. The zero-order valence-corrected chi connectivity index (χ0v) is 10.0. The van der Waals surface area contributed by atoms with E-state index < -0.39 is 0 Å². The smallest absolute Gasteiger partial charge is 0.0952 e. The van der Waals surface area contributed by atoms with Crippen molar-refractivity contribution < 1.29 is 4.42 Å². The number of nitrogens with one attached hydrogen (secondary N) is 1. The predicted molar refractivity (Wildman–Crippen MR) is 66.7 cm³/mol. The second-order valence-electron chi connectivity index (χ2n) is 4.26. The van der Waals surface area contributed by atoms with E-state index >= 15 is 0 Å². The van der Waals surface area contributed by atoms with E-state index in [0.29, 0.717) is 0 Å². The van der Waals surface area contributed by atoms with Gasteiger partial charge in [-0.3, -0.25) is 0 Å². The summed E-state index contributed by atoms with van der Waals surface area (Å²) in [5.74, 6) is 0. The van der Waals surface area contributed by atoms with Crippen molar-refractivity contribution in [3.05, 3.63) is 53.0 Å². The molecule has 0 amide bonds. The van der Waals surface area contributed by atoms with Gasteiger partial charge in [-0.2, -0.15) is 0 Å². The van der Waals surface area contributed by atoms with Crippen molar-refractivity contribution in [2.75, 3.05) is 5.32 Å². The van der Waals surface area contributed by atoms with Crippen LogP contribution in [0.5, 0.6) is 0 Å². The van der Waals surface area contributed by atoms with Crippen molar-refractivity contribution >= 4 is 5.69 Å². The lowest BCUT2D eigenvalue weighted by Crippen LogP contribution is -2.02. The van der Waals surface area contributed by atoms with E-state index in [4.69, 9.17) is 4.42 Å². The van der Waals surface area contributed by atoms with Crippen LogP contribution in [0, 0.1) is 20.8 Å². The highest BCUT2D eigenvalue weighted by molar-refractivity contribution is 5.58. The zero-order chi connectivity index (χ0) is 11.5. The van der Waals surface area contributed by atoms with Gasteiger partial charge in [0.2, 0.25) is 0 Å². The fourth-order valence-corrected chi connectivity index (χ4v) is 2.04. The molecule has 0 spiro atoms. The lowest BCUT2D eigenvalue weighted by Gasteiger charge is -2.13. The number of hydrogen-bond donors (Lipinski definition) is 1. The van der Waals surface area contributed by atoms with Crippen LogP contribution in [0.15, 0.2) is 35.1 Å². The minimum absolute atomic E-state index is 0.807. The number of hydrogen-bond acceptors (Lipinski definition) is 2. The summed E-state index contributed by atoms with van der Waals surface area (Å²) in [4.78, 5) is 0. The molecular formula is C14H17NO. The van der Waals surface area contributed by atoms with Crippen LogP contribution in [0.25, 0.3) is 0 Å². The summed E-state index contributed by atoms with van der Waals surface area (Å²) in [6.45, 7) is 7.20. The van der Waals surface area contributed by atoms with Gasteiger partial charge in [-0.15, -0.1) is 0 Å². The fourth-order valence-electron chi connectivity index (χ4n) is 2.04. The Morgan fingerprint density at radius 1 is 1.12 bits per heavy atom. The summed E-state index contributed by atoms with van der Waals surface area (Å²) < 4.78 is 5.04. The third-order valence-electron chi connectivity index (χ3n) is 2.73. The average molecular weight is 215 g/mol. The first-order valence-electron chi connectivity index (χ1n) is 5.49. The molecule has 2 nitrogen and oxygen atoms in total. The first-order chi connectivity index (χ1) is 7.66. The molecule has 16 heavy (non-hydrogen) atoms. The van der Waals surface area contributed by atoms with Gasteiger partial charge in [0, 0.05) is 17.8 Å². The third kappa shape index (κ3) is 2.27. The Hall–Kier alpha value is -1.70. The third-order valence-corrected chi connectivity index (χ3v) is 2.73. The van der Waals surface area contributed by atoms with Crippen molar-refractivity contribution in [2.24, 2.45) is 0 Å². The molecule has 84 valence electrons. The summed E-state index contributed by atoms with van der Waals surface area (Å²) in [6.07, 6.45) is 3.47. The Morgan fingerprint density at radius 3 is 2.38 bits per heavy atom. The maximum atomic E-state index is 5.04. The van der Waals surface area contributed by atoms with Crippen LogP contribution >= 0.6 is 0 Å². The van der Waals surface area contributed by atoms with Gasteiger partial charge >= 0.3 is 0 Å². The Kier molecular flexibility index (Phi) is 3.00. The lowest BCUT2D eigenvalue weighted by molar-refractivity contribution is 0.564. The molecule has 0 atom stereocenters. The van der Waals surface area contributed by atoms with E-state index in [1.54, 1.807) is 12.5 Å². The Morgan fingerprint density at radius 2 is 1.81 bits per heavy atom. The first kappa shape index (κ1) is 10.8. The molecule has 2 aromatic rings. The largest absolute Gasteiger partial charge is 0.472 e. The van der Waals surface area contributed by atoms with Crippen LogP contribution in [-0.2, 0) is 6.54 Å². The standard InChI is InChI=1S/C14H17NO/c1-10-6-11(2)14(12(3)7-10)15-8-13-4-5-16-9-13/h4-7,9,15H,8H2,1-3H3. The van der Waals surface area contributed by atoms with Gasteiger partial charge in [-0.25, -0.2) is 0 Å². The molecule has 0 bridgehead atoms. The maximum Gasteiger partial charge on any atom is 0.0952 e. The minimum atomic E-state index is 0.807. The van der Waals surface area contributed by atoms with Crippen LogP contribution in [0.3, 0.4) is 0 Å². The minimum Gasteiger partial charge on any atom is -0.472 e. The van der Waals surface area contributed by atoms with Crippen molar-refractivity contribution in [3.63, 3.8) is 0 Å². The van der Waals surface area contributed by atoms with Gasteiger partial charge in [0.15, 0.2) is 0 Å². The van der Waals surface area contributed by atoms with Crippen molar-refractivity contribution in [2.45, 2.75) is 27.3 Å². The average Bonchev–Trinajstić information content (AvgIpc) is 2.68. The Labute approximate surface area is 96.3 Å². The highest BCUT2D eigenvalue weighted by Crippen LogP contribution is 2.22. The molecule has 0 radical (unpaired) electrons. The first-order valence-corrected chi connectivity index (χ1v) is 5.49. The summed E-state index contributed by atoms with van der Waals surface area (Å²) in [7, 11) is 0. The summed E-state index contributed by atoms with van der Waals surface area (Å²) in [5.41, 5.74) is 6.29. The summed E-state index contributed by atoms with van der Waals surface area (Å²) in [5, 5.41) is 3.45. The number of rotatable bonds is 3. The van der Waals surface area contributed by atoms with Crippen molar-refractivity contribution in [1.82, 2.24) is 0 Å². The van der Waals surface area contributed by atoms with Crippen LogP contribution in [0.1, 0.15) is 22.3 Å². The normalized spacial score (nSPS) is 10.4. The number of benzene rings is 1. The Bertz CT molecular complexity index is 448. The van der Waals surface area contributed by atoms with Gasteiger partial charge in [0.05, 0.1) is 12.5 Å². The number of furan rings is 1. The highest BCUT2D eigenvalue weighted by Gasteiger charge is 2.03. The topological polar surface area (TPSA) is 25.2 Å². The van der Waals surface area contributed by atoms with E-state index in [0.717, 1.165) is 6.54 Å². The van der Waals surface area contributed by atoms with Crippen molar-refractivity contribution in [1.29, 1.82) is 0 Å². The molecule has 0 aliphatic carbocycles. The molecule has 1 aromatic carbocycles. The highest BCUT2D eigenvalue weighted by atomic mass is 16.3. The maximum absolute atomic E-state index is 5.04. The second-order valence-corrected chi connectivity index (χ2v) is 4.26. The molecule has 2 rings (SSSR count). The molecule has 1 heterocycles. The number of anilines is 1. The molecule has 2 heteroatoms. The predicted octanol–water partition coefficient (Wildman–Crippen LogP) is 3.82. The van der Waals surface area contributed by atoms with Gasteiger partial charge in [-0.1, -0.05) is 17.7 Å². The van der Waals surface area contributed by atoms with E-state index in [-0.39, 0.29) is 0 Å². The SMILES string of the molecule is Cc1cc(C)c(NCc2ccoc2)c(C)c1. The quantitative estimate of drug-likeness (QED) is 0.842. The summed E-state index contributed by atoms with van der Waals surface area (Å²) in [6, 6.07) is 6.38. The van der Waals surface area contributed by atoms with E-state index in [2.05, 4.69) is 38.2 Å². The summed E-state index contributed by atoms with van der Waals surface area (Å²) >= 11 is 0. The Balaban J connectivity index is 2.15. The lowest BCUT2D eigenvalue weighted by atomic mass is 10.1. The zero-order valence-electron chi connectivity index (χ0n) is 10.0. The van der Waals surface area contributed by atoms with Gasteiger partial charge in [0.1, 0.15) is 0 Å². The molecule has 0 fully saturated rings. The van der Waals surface area contributed by atoms with Gasteiger partial charge < -0.3 is 9.73 Å². The van der Waals surface area contributed by atoms with Crippen LogP contribution in [0.4, 0.5) is 5.69 Å². The van der Waals surface area contributed by atoms with E-state index in [9.17, 15) is 0 Å². The fraction of sp³-hybridized carbons (Fsp3) is 0.286. The monoisotopic (exact) mass is 215 g/mol. The second kappa shape index (κ2) is 4.44. The van der Waals surface area contributed by atoms with E-state index in [1.165, 1.54) is 27.9 Å². The van der Waals surface area contributed by atoms with Crippen molar-refractivity contribution in [3.8, 4) is 0 Å². The van der Waals surface area contributed by atoms with Gasteiger partial charge in [-0.05, 0) is 38.0 Å². The molecule has 1 aromatic heterocycles. The molecule has 0 aliphatic heterocycles. The molecule has 0 unspecified atom stereocenters. The molecule has 0 aliphatic rings. The number of aryl methyl sites for hydroxylation is 3. The van der Waals surface area contributed by atoms with Crippen LogP contribution in [0.2, 0.25) is 0 Å². The van der Waals surface area contributed by atoms with Crippen LogP contribution < -0.4 is 5.32 Å². The van der Waals surface area contributed by atoms with Crippen LogP contribution in [-0.4, -0.2) is 0 Å².